The highest BCUT2D eigenvalue weighted by atomic mass is 35.5. The van der Waals surface area contributed by atoms with Gasteiger partial charge >= 0.3 is 11.9 Å². The number of carbonyl (C=O) groups excluding carboxylic acids is 6. The minimum atomic E-state index is -4.54. The standard InChI is InChI=1S/C11H12Cl2O5S.C10H12Cl2O4S.C9H13NO4.C8H13NO3/c1-11(2,3)10(14)18-6-4-7(12)9(8(13)5-6)19(15,16)17;1-10(2,3)16-6-4-7(11)9(8(12)5-6)17(13,14)15;1-9(2,3)8(13)14-10-6(11)4-5-7(10)12;1-8(2,3)12-9-6(10)4-5-7(9)11/h4-5H,1-3H3,(H,15,16,17);4-5H,1-3H3,(H,13,14,15);4-5H2,1-3H3;4-5H2,1-3H3. The van der Waals surface area contributed by atoms with Crippen molar-refractivity contribution >= 4 is 102 Å². The van der Waals surface area contributed by atoms with E-state index in [1.165, 1.54) is 12.1 Å². The first kappa shape index (κ1) is 56.4. The molecule has 4 amide bonds. The van der Waals surface area contributed by atoms with Gasteiger partial charge in [-0.25, -0.2) is 4.79 Å². The Labute approximate surface area is 380 Å². The number of rotatable bonds is 6. The molecule has 0 atom stereocenters. The average Bonchev–Trinajstić information content (AvgIpc) is 3.51. The Kier molecular flexibility index (Phi) is 19.5. The third-order valence-electron chi connectivity index (χ3n) is 6.87. The minimum absolute atomic E-state index is 0.00215. The number of halogens is 4. The van der Waals surface area contributed by atoms with E-state index in [-0.39, 0.29) is 63.3 Å². The Hall–Kier alpha value is -3.60. The number of carbonyl (C=O) groups is 6. The Morgan fingerprint density at radius 1 is 0.532 bits per heavy atom. The van der Waals surface area contributed by atoms with Crippen molar-refractivity contribution in [2.45, 2.75) is 130 Å². The number of benzene rings is 2. The molecule has 24 heteroatoms. The van der Waals surface area contributed by atoms with Crippen molar-refractivity contribution in [3.63, 3.8) is 0 Å². The van der Waals surface area contributed by atoms with Crippen molar-refractivity contribution in [1.29, 1.82) is 0 Å². The van der Waals surface area contributed by atoms with Crippen LogP contribution in [0.25, 0.3) is 0 Å². The summed E-state index contributed by atoms with van der Waals surface area (Å²) in [5, 5.41) is 0.421. The van der Waals surface area contributed by atoms with E-state index in [2.05, 4.69) is 0 Å². The first-order valence-electron chi connectivity index (χ1n) is 18.1. The van der Waals surface area contributed by atoms with Gasteiger partial charge in [0.25, 0.3) is 43.9 Å². The highest BCUT2D eigenvalue weighted by Gasteiger charge is 2.36. The molecule has 0 bridgehead atoms. The van der Waals surface area contributed by atoms with Gasteiger partial charge in [-0.05, 0) is 83.1 Å². The second-order valence-electron chi connectivity index (χ2n) is 17.2. The molecule has 2 aromatic rings. The monoisotopic (exact) mass is 994 g/mol. The molecular formula is C38H50Cl4N2O16S2. The maximum absolute atomic E-state index is 11.7. The second-order valence-corrected chi connectivity index (χ2v) is 21.6. The molecule has 2 aromatic carbocycles. The third kappa shape index (κ3) is 18.6. The number of amides is 4. The molecule has 0 aromatic heterocycles. The van der Waals surface area contributed by atoms with E-state index in [1.807, 2.05) is 20.8 Å². The van der Waals surface area contributed by atoms with Crippen molar-refractivity contribution in [1.82, 2.24) is 10.1 Å². The van der Waals surface area contributed by atoms with E-state index in [1.54, 1.807) is 62.3 Å². The number of hydrogen-bond donors (Lipinski definition) is 2. The Morgan fingerprint density at radius 2 is 0.839 bits per heavy atom. The molecule has 18 nitrogen and oxygen atoms in total. The molecule has 0 aliphatic carbocycles. The number of nitrogens with zero attached hydrogens (tertiary/aromatic N) is 2. The van der Waals surface area contributed by atoms with E-state index in [0.29, 0.717) is 10.8 Å². The SMILES string of the molecule is CC(C)(C)C(=O)ON1C(=O)CCC1=O.CC(C)(C)C(=O)Oc1cc(Cl)c(S(=O)(=O)O)c(Cl)c1.CC(C)(C)ON1C(=O)CCC1=O.CC(C)(C)Oc1cc(Cl)c(S(=O)(=O)O)c(Cl)c1. The number of esters is 1. The number of imide groups is 2. The molecule has 62 heavy (non-hydrogen) atoms. The van der Waals surface area contributed by atoms with E-state index in [0.717, 1.165) is 17.2 Å². The maximum Gasteiger partial charge on any atom is 0.338 e. The molecule has 2 fully saturated rings. The molecule has 0 radical (unpaired) electrons. The van der Waals surface area contributed by atoms with Crippen LogP contribution in [0.4, 0.5) is 0 Å². The molecule has 2 heterocycles. The Morgan fingerprint density at radius 3 is 1.11 bits per heavy atom. The van der Waals surface area contributed by atoms with Gasteiger partial charge in [0, 0.05) is 49.9 Å². The van der Waals surface area contributed by atoms with Crippen LogP contribution in [0.1, 0.15) is 109 Å². The Bertz CT molecular complexity index is 2200. The number of hydroxylamine groups is 4. The smallest absolute Gasteiger partial charge is 0.338 e. The largest absolute Gasteiger partial charge is 0.488 e. The number of ether oxygens (including phenoxy) is 2. The molecule has 4 rings (SSSR count). The molecule has 0 spiro atoms. The normalized spacial score (nSPS) is 14.9. The summed E-state index contributed by atoms with van der Waals surface area (Å²) in [5.74, 6) is -2.16. The lowest BCUT2D eigenvalue weighted by atomic mass is 9.97. The lowest BCUT2D eigenvalue weighted by Crippen LogP contribution is -2.37. The van der Waals surface area contributed by atoms with Crippen LogP contribution in [0, 0.1) is 10.8 Å². The second kappa shape index (κ2) is 21.4. The van der Waals surface area contributed by atoms with Gasteiger partial charge < -0.3 is 14.3 Å². The van der Waals surface area contributed by atoms with Crippen molar-refractivity contribution in [2.75, 3.05) is 0 Å². The summed E-state index contributed by atoms with van der Waals surface area (Å²) in [7, 11) is -8.99. The summed E-state index contributed by atoms with van der Waals surface area (Å²) in [6.45, 7) is 20.8. The van der Waals surface area contributed by atoms with Crippen LogP contribution in [0.5, 0.6) is 11.5 Å². The van der Waals surface area contributed by atoms with E-state index >= 15 is 0 Å². The fourth-order valence-corrected chi connectivity index (χ4v) is 7.43. The fourth-order valence-electron chi connectivity index (χ4n) is 4.11. The van der Waals surface area contributed by atoms with Crippen molar-refractivity contribution in [3.05, 3.63) is 44.4 Å². The first-order valence-corrected chi connectivity index (χ1v) is 22.5. The summed E-state index contributed by atoms with van der Waals surface area (Å²) in [6.07, 6.45) is 0.788. The molecule has 2 N–H and O–H groups in total. The molecule has 348 valence electrons. The zero-order chi connectivity index (χ0) is 48.7. The van der Waals surface area contributed by atoms with Crippen LogP contribution in [0.15, 0.2) is 34.1 Å². The van der Waals surface area contributed by atoms with Gasteiger partial charge in [0.15, 0.2) is 0 Å². The molecule has 0 saturated carbocycles. The van der Waals surface area contributed by atoms with E-state index in [9.17, 15) is 45.6 Å². The number of hydrogen-bond acceptors (Lipinski definition) is 14. The van der Waals surface area contributed by atoms with Gasteiger partial charge in [-0.1, -0.05) is 46.4 Å². The molecule has 2 aliphatic heterocycles. The molecule has 0 unspecified atom stereocenters. The highest BCUT2D eigenvalue weighted by molar-refractivity contribution is 7.86. The lowest BCUT2D eigenvalue weighted by molar-refractivity contribution is -0.218. The van der Waals surface area contributed by atoms with Crippen molar-refractivity contribution in [2.24, 2.45) is 10.8 Å². The average molecular weight is 997 g/mol. The van der Waals surface area contributed by atoms with Gasteiger partial charge in [0.1, 0.15) is 26.9 Å². The lowest BCUT2D eigenvalue weighted by Gasteiger charge is -2.24. The molecular weight excluding hydrogens is 946 g/mol. The third-order valence-corrected chi connectivity index (χ3v) is 10.4. The van der Waals surface area contributed by atoms with Gasteiger partial charge in [0.05, 0.1) is 36.5 Å². The van der Waals surface area contributed by atoms with Gasteiger partial charge in [-0.15, -0.1) is 5.06 Å². The maximum atomic E-state index is 11.7. The van der Waals surface area contributed by atoms with Crippen LogP contribution in [0.3, 0.4) is 0 Å². The summed E-state index contributed by atoms with van der Waals surface area (Å²) in [5.41, 5.74) is -2.41. The highest BCUT2D eigenvalue weighted by Crippen LogP contribution is 2.36. The predicted octanol–water partition coefficient (Wildman–Crippen LogP) is 8.11. The van der Waals surface area contributed by atoms with Crippen molar-refractivity contribution < 1.29 is 73.9 Å². The zero-order valence-corrected chi connectivity index (χ0v) is 40.6. The van der Waals surface area contributed by atoms with Crippen LogP contribution < -0.4 is 9.47 Å². The minimum Gasteiger partial charge on any atom is -0.488 e. The Balaban J connectivity index is 0.000000419. The van der Waals surface area contributed by atoms with Gasteiger partial charge in [-0.3, -0.25) is 37.9 Å². The summed E-state index contributed by atoms with van der Waals surface area (Å²) >= 11 is 22.9. The topological polar surface area (TPSA) is 255 Å². The summed E-state index contributed by atoms with van der Waals surface area (Å²) in [4.78, 5) is 76.0. The van der Waals surface area contributed by atoms with Crippen LogP contribution in [0.2, 0.25) is 20.1 Å². The van der Waals surface area contributed by atoms with Crippen LogP contribution >= 0.6 is 46.4 Å². The van der Waals surface area contributed by atoms with Gasteiger partial charge in [0.2, 0.25) is 0 Å². The molecule has 2 aliphatic rings. The van der Waals surface area contributed by atoms with Crippen LogP contribution in [-0.2, 0) is 58.7 Å². The van der Waals surface area contributed by atoms with E-state index < -0.39 is 75.8 Å². The fraction of sp³-hybridized carbons (Fsp3) is 0.526. The summed E-state index contributed by atoms with van der Waals surface area (Å²) < 4.78 is 72.5. The van der Waals surface area contributed by atoms with E-state index in [4.69, 9.17) is 74.7 Å². The quantitative estimate of drug-likeness (QED) is 0.120. The first-order chi connectivity index (χ1) is 27.7. The summed E-state index contributed by atoms with van der Waals surface area (Å²) in [6, 6.07) is 4.78. The van der Waals surface area contributed by atoms with Crippen molar-refractivity contribution in [3.8, 4) is 11.5 Å². The zero-order valence-electron chi connectivity index (χ0n) is 36.0. The molecule has 2 saturated heterocycles. The predicted molar refractivity (Wildman–Crippen MR) is 227 cm³/mol. The van der Waals surface area contributed by atoms with Gasteiger partial charge in [-0.2, -0.15) is 21.9 Å². The van der Waals surface area contributed by atoms with Crippen LogP contribution in [-0.4, -0.2) is 82.8 Å².